The average molecular weight is 203 g/mol. The van der Waals surface area contributed by atoms with Crippen molar-refractivity contribution in [2.75, 3.05) is 20.4 Å². The smallest absolute Gasteiger partial charge is 0.284 e. The lowest BCUT2D eigenvalue weighted by molar-refractivity contribution is 0.0826. The molecule has 66 valence electrons. The number of hydrogen-bond acceptors (Lipinski definition) is 5. The van der Waals surface area contributed by atoms with Crippen LogP contribution >= 0.6 is 23.1 Å². The predicted octanol–water partition coefficient (Wildman–Crippen LogP) is 0.962. The van der Waals surface area contributed by atoms with Gasteiger partial charge >= 0.3 is 0 Å². The molecule has 1 aromatic rings. The molecule has 0 bridgehead atoms. The Bertz CT molecular complexity index is 284. The van der Waals surface area contributed by atoms with E-state index in [1.54, 1.807) is 14.1 Å². The predicted molar refractivity (Wildman–Crippen MR) is 49.7 cm³/mol. The molecule has 4 nitrogen and oxygen atoms in total. The molecular formula is C6H9N3OS2. The van der Waals surface area contributed by atoms with Crippen LogP contribution in [0.4, 0.5) is 0 Å². The van der Waals surface area contributed by atoms with Crippen molar-refractivity contribution in [1.29, 1.82) is 0 Å². The van der Waals surface area contributed by atoms with Crippen LogP contribution in [0.15, 0.2) is 4.34 Å². The maximum absolute atomic E-state index is 11.3. The minimum absolute atomic E-state index is 0.0900. The van der Waals surface area contributed by atoms with Gasteiger partial charge in [0.05, 0.1) is 0 Å². The topological polar surface area (TPSA) is 46.1 Å². The lowest BCUT2D eigenvalue weighted by Gasteiger charge is -2.05. The van der Waals surface area contributed by atoms with Gasteiger partial charge in [0.25, 0.3) is 5.91 Å². The van der Waals surface area contributed by atoms with Crippen molar-refractivity contribution in [2.45, 2.75) is 4.34 Å². The number of nitrogens with zero attached hydrogens (tertiary/aromatic N) is 3. The number of carbonyl (C=O) groups is 1. The van der Waals surface area contributed by atoms with Crippen LogP contribution < -0.4 is 0 Å². The molecule has 0 unspecified atom stereocenters. The Morgan fingerprint density at radius 3 is 2.58 bits per heavy atom. The van der Waals surface area contributed by atoms with Crippen molar-refractivity contribution in [3.8, 4) is 0 Å². The molecule has 0 radical (unpaired) electrons. The van der Waals surface area contributed by atoms with Gasteiger partial charge in [0.1, 0.15) is 0 Å². The van der Waals surface area contributed by atoms with E-state index in [1.807, 2.05) is 6.26 Å². The number of hydrogen-bond donors (Lipinski definition) is 0. The lowest BCUT2D eigenvalue weighted by Crippen LogP contribution is -2.21. The van der Waals surface area contributed by atoms with Gasteiger partial charge in [-0.2, -0.15) is 0 Å². The number of rotatable bonds is 2. The summed E-state index contributed by atoms with van der Waals surface area (Å²) in [5, 5.41) is 8.04. The first-order valence-corrected chi connectivity index (χ1v) is 5.28. The highest BCUT2D eigenvalue weighted by atomic mass is 32.2. The van der Waals surface area contributed by atoms with Crippen LogP contribution in [0, 0.1) is 0 Å². The second kappa shape index (κ2) is 3.86. The van der Waals surface area contributed by atoms with Gasteiger partial charge in [0, 0.05) is 14.1 Å². The highest BCUT2D eigenvalue weighted by Crippen LogP contribution is 2.19. The van der Waals surface area contributed by atoms with E-state index in [4.69, 9.17) is 0 Å². The maximum atomic E-state index is 11.3. The molecule has 0 atom stereocenters. The molecule has 1 heterocycles. The van der Waals surface area contributed by atoms with Crippen molar-refractivity contribution in [1.82, 2.24) is 15.1 Å². The second-order valence-corrected chi connectivity index (χ2v) is 4.31. The fraction of sp³-hybridized carbons (Fsp3) is 0.500. The Morgan fingerprint density at radius 2 is 2.17 bits per heavy atom. The third-order valence-corrected chi connectivity index (χ3v) is 3.06. The fourth-order valence-electron chi connectivity index (χ4n) is 0.570. The monoisotopic (exact) mass is 203 g/mol. The second-order valence-electron chi connectivity index (χ2n) is 2.28. The van der Waals surface area contributed by atoms with E-state index in [1.165, 1.54) is 28.0 Å². The summed E-state index contributed by atoms with van der Waals surface area (Å²) in [4.78, 5) is 12.8. The summed E-state index contributed by atoms with van der Waals surface area (Å²) < 4.78 is 0.820. The largest absolute Gasteiger partial charge is 0.343 e. The summed E-state index contributed by atoms with van der Waals surface area (Å²) >= 11 is 2.81. The molecule has 0 saturated heterocycles. The van der Waals surface area contributed by atoms with Crippen LogP contribution in [0.1, 0.15) is 9.80 Å². The summed E-state index contributed by atoms with van der Waals surface area (Å²) in [5.74, 6) is -0.0900. The molecule has 0 fully saturated rings. The van der Waals surface area contributed by atoms with Crippen molar-refractivity contribution >= 4 is 29.0 Å². The van der Waals surface area contributed by atoms with Crippen LogP contribution in [0.5, 0.6) is 0 Å². The minimum atomic E-state index is -0.0900. The molecule has 12 heavy (non-hydrogen) atoms. The zero-order valence-corrected chi connectivity index (χ0v) is 8.70. The van der Waals surface area contributed by atoms with E-state index in [0.29, 0.717) is 5.01 Å². The standard InChI is InChI=1S/C6H9N3OS2/c1-9(2)5(10)4-7-8-6(11-3)12-4/h1-3H3. The Hall–Kier alpha value is -0.620. The molecule has 0 saturated carbocycles. The van der Waals surface area contributed by atoms with Crippen LogP contribution in [0.2, 0.25) is 0 Å². The lowest BCUT2D eigenvalue weighted by atomic mass is 10.6. The summed E-state index contributed by atoms with van der Waals surface area (Å²) in [6.45, 7) is 0. The molecule has 0 N–H and O–H groups in total. The number of thioether (sulfide) groups is 1. The number of aromatic nitrogens is 2. The summed E-state index contributed by atoms with van der Waals surface area (Å²) in [5.41, 5.74) is 0. The van der Waals surface area contributed by atoms with Gasteiger partial charge in [-0.15, -0.1) is 10.2 Å². The van der Waals surface area contributed by atoms with E-state index < -0.39 is 0 Å². The van der Waals surface area contributed by atoms with Gasteiger partial charge in [-0.05, 0) is 6.26 Å². The molecule has 1 aromatic heterocycles. The Kier molecular flexibility index (Phi) is 3.05. The first kappa shape index (κ1) is 9.47. The number of amides is 1. The van der Waals surface area contributed by atoms with Gasteiger partial charge in [0.15, 0.2) is 4.34 Å². The molecule has 6 heteroatoms. The summed E-state index contributed by atoms with van der Waals surface area (Å²) in [7, 11) is 3.39. The molecule has 1 amide bonds. The molecule has 0 spiro atoms. The van der Waals surface area contributed by atoms with Gasteiger partial charge in [0.2, 0.25) is 5.01 Å². The normalized spacial score (nSPS) is 9.92. The van der Waals surface area contributed by atoms with Crippen molar-refractivity contribution in [2.24, 2.45) is 0 Å². The molecule has 0 aliphatic carbocycles. The Morgan fingerprint density at radius 1 is 1.50 bits per heavy atom. The molecular weight excluding hydrogens is 194 g/mol. The van der Waals surface area contributed by atoms with Crippen LogP contribution in [-0.4, -0.2) is 41.4 Å². The van der Waals surface area contributed by atoms with E-state index in [-0.39, 0.29) is 5.91 Å². The SMILES string of the molecule is CSc1nnc(C(=O)N(C)C)s1. The van der Waals surface area contributed by atoms with E-state index >= 15 is 0 Å². The van der Waals surface area contributed by atoms with E-state index in [2.05, 4.69) is 10.2 Å². The Balaban J connectivity index is 2.82. The maximum Gasteiger partial charge on any atom is 0.284 e. The van der Waals surface area contributed by atoms with E-state index in [9.17, 15) is 4.79 Å². The van der Waals surface area contributed by atoms with Crippen molar-refractivity contribution in [3.63, 3.8) is 0 Å². The third kappa shape index (κ3) is 1.95. The van der Waals surface area contributed by atoms with Crippen molar-refractivity contribution < 1.29 is 4.79 Å². The van der Waals surface area contributed by atoms with Crippen molar-refractivity contribution in [3.05, 3.63) is 5.01 Å². The van der Waals surface area contributed by atoms with Gasteiger partial charge in [-0.25, -0.2) is 0 Å². The number of carbonyl (C=O) groups excluding carboxylic acids is 1. The highest BCUT2D eigenvalue weighted by Gasteiger charge is 2.13. The Labute approximate surface area is 79.0 Å². The first-order valence-electron chi connectivity index (χ1n) is 3.24. The quantitative estimate of drug-likeness (QED) is 0.672. The summed E-state index contributed by atoms with van der Waals surface area (Å²) in [6, 6.07) is 0. The van der Waals surface area contributed by atoms with E-state index in [0.717, 1.165) is 4.34 Å². The minimum Gasteiger partial charge on any atom is -0.343 e. The zero-order valence-electron chi connectivity index (χ0n) is 7.07. The van der Waals surface area contributed by atoms with Gasteiger partial charge in [-0.3, -0.25) is 4.79 Å². The van der Waals surface area contributed by atoms with Crippen LogP contribution in [0.3, 0.4) is 0 Å². The van der Waals surface area contributed by atoms with Crippen LogP contribution in [0.25, 0.3) is 0 Å². The summed E-state index contributed by atoms with van der Waals surface area (Å²) in [6.07, 6.45) is 1.91. The highest BCUT2D eigenvalue weighted by molar-refractivity contribution is 8.00. The third-order valence-electron chi connectivity index (χ3n) is 1.17. The van der Waals surface area contributed by atoms with Gasteiger partial charge in [-0.1, -0.05) is 23.1 Å². The molecule has 0 aliphatic rings. The van der Waals surface area contributed by atoms with Crippen LogP contribution in [-0.2, 0) is 0 Å². The fourth-order valence-corrected chi connectivity index (χ4v) is 1.86. The molecule has 0 aromatic carbocycles. The molecule has 0 aliphatic heterocycles. The zero-order chi connectivity index (χ0) is 9.14. The molecule has 1 rings (SSSR count). The average Bonchev–Trinajstić information content (AvgIpc) is 2.50. The first-order chi connectivity index (χ1) is 5.65. The van der Waals surface area contributed by atoms with Gasteiger partial charge < -0.3 is 4.90 Å².